The third-order valence-corrected chi connectivity index (χ3v) is 5.34. The Hall–Kier alpha value is -2.82. The van der Waals surface area contributed by atoms with Crippen molar-refractivity contribution in [1.82, 2.24) is 9.38 Å². The van der Waals surface area contributed by atoms with Crippen molar-refractivity contribution in [3.8, 4) is 17.0 Å². The molecule has 0 radical (unpaired) electrons. The van der Waals surface area contributed by atoms with Crippen molar-refractivity contribution in [3.63, 3.8) is 0 Å². The fraction of sp³-hybridized carbons (Fsp3) is 0.364. The van der Waals surface area contributed by atoms with Crippen molar-refractivity contribution in [2.45, 2.75) is 39.0 Å². The van der Waals surface area contributed by atoms with Crippen LogP contribution in [-0.4, -0.2) is 22.4 Å². The number of hydrogen-bond acceptors (Lipinski definition) is 3. The molecule has 27 heavy (non-hydrogen) atoms. The van der Waals surface area contributed by atoms with Gasteiger partial charge < -0.3 is 14.5 Å². The van der Waals surface area contributed by atoms with Crippen LogP contribution < -0.4 is 10.1 Å². The maximum absolute atomic E-state index is 12.7. The van der Waals surface area contributed by atoms with Crippen LogP contribution in [0.25, 0.3) is 16.9 Å². The van der Waals surface area contributed by atoms with Crippen molar-refractivity contribution in [2.75, 3.05) is 12.4 Å². The van der Waals surface area contributed by atoms with Crippen LogP contribution in [0.2, 0.25) is 0 Å². The van der Waals surface area contributed by atoms with E-state index in [9.17, 15) is 4.79 Å². The SMILES string of the molecule is COc1ccc(-c2cn3ccc(C)cc3n2)cc1NC(=O)C1CCCCC1. The van der Waals surface area contributed by atoms with Gasteiger partial charge >= 0.3 is 0 Å². The molecule has 1 aliphatic carbocycles. The summed E-state index contributed by atoms with van der Waals surface area (Å²) in [5.41, 5.74) is 4.62. The Kier molecular flexibility index (Phi) is 4.84. The van der Waals surface area contributed by atoms with Gasteiger partial charge in [0.15, 0.2) is 0 Å². The van der Waals surface area contributed by atoms with Crippen LogP contribution in [0, 0.1) is 12.8 Å². The van der Waals surface area contributed by atoms with Crippen LogP contribution >= 0.6 is 0 Å². The van der Waals surface area contributed by atoms with Gasteiger partial charge in [-0.25, -0.2) is 4.98 Å². The van der Waals surface area contributed by atoms with Gasteiger partial charge in [0.25, 0.3) is 0 Å². The number of aromatic nitrogens is 2. The molecule has 5 nitrogen and oxygen atoms in total. The van der Waals surface area contributed by atoms with E-state index in [0.717, 1.165) is 42.6 Å². The van der Waals surface area contributed by atoms with E-state index in [4.69, 9.17) is 9.72 Å². The summed E-state index contributed by atoms with van der Waals surface area (Å²) in [6.45, 7) is 2.06. The van der Waals surface area contributed by atoms with Crippen LogP contribution in [-0.2, 0) is 4.79 Å². The number of nitrogens with zero attached hydrogens (tertiary/aromatic N) is 2. The van der Waals surface area contributed by atoms with Gasteiger partial charge in [-0.2, -0.15) is 0 Å². The first-order chi connectivity index (χ1) is 13.1. The third-order valence-electron chi connectivity index (χ3n) is 5.34. The molecular weight excluding hydrogens is 338 g/mol. The van der Waals surface area contributed by atoms with E-state index in [-0.39, 0.29) is 11.8 Å². The lowest BCUT2D eigenvalue weighted by molar-refractivity contribution is -0.120. The molecule has 0 atom stereocenters. The highest BCUT2D eigenvalue weighted by Crippen LogP contribution is 2.32. The smallest absolute Gasteiger partial charge is 0.227 e. The second-order valence-corrected chi connectivity index (χ2v) is 7.33. The summed E-state index contributed by atoms with van der Waals surface area (Å²) in [5.74, 6) is 0.864. The topological polar surface area (TPSA) is 55.6 Å². The zero-order valence-corrected chi connectivity index (χ0v) is 15.9. The van der Waals surface area contributed by atoms with Crippen molar-refractivity contribution >= 4 is 17.2 Å². The van der Waals surface area contributed by atoms with E-state index < -0.39 is 0 Å². The minimum Gasteiger partial charge on any atom is -0.495 e. The maximum Gasteiger partial charge on any atom is 0.227 e. The lowest BCUT2D eigenvalue weighted by Gasteiger charge is -2.21. The number of imidazole rings is 1. The van der Waals surface area contributed by atoms with Gasteiger partial charge in [-0.05, 0) is 55.7 Å². The zero-order valence-electron chi connectivity index (χ0n) is 15.9. The quantitative estimate of drug-likeness (QED) is 0.722. The number of benzene rings is 1. The van der Waals surface area contributed by atoms with Gasteiger partial charge in [0, 0.05) is 23.9 Å². The minimum absolute atomic E-state index is 0.0933. The predicted octanol–water partition coefficient (Wildman–Crippen LogP) is 4.84. The highest BCUT2D eigenvalue weighted by Gasteiger charge is 2.22. The number of hydrogen-bond donors (Lipinski definition) is 1. The lowest BCUT2D eigenvalue weighted by Crippen LogP contribution is -2.24. The number of aryl methyl sites for hydroxylation is 1. The van der Waals surface area contributed by atoms with E-state index in [1.807, 2.05) is 35.0 Å². The standard InChI is InChI=1S/C22H25N3O2/c1-15-10-11-25-14-19(23-21(25)12-15)17-8-9-20(27-2)18(13-17)24-22(26)16-6-4-3-5-7-16/h8-14,16H,3-7H2,1-2H3,(H,24,26). The number of anilines is 1. The Morgan fingerprint density at radius 2 is 2.00 bits per heavy atom. The first-order valence-electron chi connectivity index (χ1n) is 9.58. The molecule has 0 saturated heterocycles. The molecule has 2 heterocycles. The normalized spacial score (nSPS) is 15.0. The molecule has 1 amide bonds. The molecule has 1 saturated carbocycles. The second kappa shape index (κ2) is 7.43. The fourth-order valence-electron chi connectivity index (χ4n) is 3.79. The number of ether oxygens (including phenoxy) is 1. The second-order valence-electron chi connectivity index (χ2n) is 7.33. The number of methoxy groups -OCH3 is 1. The summed E-state index contributed by atoms with van der Waals surface area (Å²) in [6, 6.07) is 9.93. The largest absolute Gasteiger partial charge is 0.495 e. The summed E-state index contributed by atoms with van der Waals surface area (Å²) in [7, 11) is 1.62. The Morgan fingerprint density at radius 3 is 2.78 bits per heavy atom. The molecule has 0 aliphatic heterocycles. The monoisotopic (exact) mass is 363 g/mol. The summed E-state index contributed by atoms with van der Waals surface area (Å²) < 4.78 is 7.47. The summed E-state index contributed by atoms with van der Waals surface area (Å²) in [6.07, 6.45) is 9.46. The molecule has 1 N–H and O–H groups in total. The average Bonchev–Trinajstić information content (AvgIpc) is 3.11. The molecule has 0 unspecified atom stereocenters. The van der Waals surface area contributed by atoms with Crippen molar-refractivity contribution < 1.29 is 9.53 Å². The van der Waals surface area contributed by atoms with Crippen LogP contribution in [0.1, 0.15) is 37.7 Å². The highest BCUT2D eigenvalue weighted by molar-refractivity contribution is 5.94. The first-order valence-corrected chi connectivity index (χ1v) is 9.58. The van der Waals surface area contributed by atoms with Gasteiger partial charge in [0.05, 0.1) is 18.5 Å². The number of carbonyl (C=O) groups is 1. The summed E-state index contributed by atoms with van der Waals surface area (Å²) in [5, 5.41) is 3.09. The molecule has 4 rings (SSSR count). The van der Waals surface area contributed by atoms with Crippen molar-refractivity contribution in [1.29, 1.82) is 0 Å². The molecule has 1 aliphatic rings. The molecular formula is C22H25N3O2. The minimum atomic E-state index is 0.0933. The maximum atomic E-state index is 12.7. The van der Waals surface area contributed by atoms with E-state index in [0.29, 0.717) is 11.4 Å². The first kappa shape index (κ1) is 17.6. The Bertz CT molecular complexity index is 971. The van der Waals surface area contributed by atoms with Crippen LogP contribution in [0.15, 0.2) is 42.7 Å². The molecule has 140 valence electrons. The molecule has 3 aromatic rings. The number of nitrogens with one attached hydrogen (secondary N) is 1. The molecule has 1 fully saturated rings. The molecule has 5 heteroatoms. The van der Waals surface area contributed by atoms with Crippen LogP contribution in [0.5, 0.6) is 5.75 Å². The van der Waals surface area contributed by atoms with E-state index in [1.54, 1.807) is 7.11 Å². The van der Waals surface area contributed by atoms with E-state index in [1.165, 1.54) is 12.0 Å². The molecule has 0 spiro atoms. The molecule has 2 aromatic heterocycles. The van der Waals surface area contributed by atoms with Gasteiger partial charge in [0.2, 0.25) is 5.91 Å². The lowest BCUT2D eigenvalue weighted by atomic mass is 9.88. The van der Waals surface area contributed by atoms with E-state index in [2.05, 4.69) is 24.4 Å². The Balaban J connectivity index is 1.64. The fourth-order valence-corrected chi connectivity index (χ4v) is 3.79. The predicted molar refractivity (Wildman–Crippen MR) is 107 cm³/mol. The van der Waals surface area contributed by atoms with Crippen LogP contribution in [0.4, 0.5) is 5.69 Å². The van der Waals surface area contributed by atoms with Crippen molar-refractivity contribution in [2.24, 2.45) is 5.92 Å². The third kappa shape index (κ3) is 3.68. The van der Waals surface area contributed by atoms with Gasteiger partial charge in [-0.15, -0.1) is 0 Å². The Labute approximate surface area is 159 Å². The van der Waals surface area contributed by atoms with E-state index >= 15 is 0 Å². The number of pyridine rings is 1. The number of amides is 1. The summed E-state index contributed by atoms with van der Waals surface area (Å²) in [4.78, 5) is 17.4. The number of fused-ring (bicyclic) bond motifs is 1. The number of rotatable bonds is 4. The molecule has 0 bridgehead atoms. The molecule has 1 aromatic carbocycles. The highest BCUT2D eigenvalue weighted by atomic mass is 16.5. The summed E-state index contributed by atoms with van der Waals surface area (Å²) >= 11 is 0. The van der Waals surface area contributed by atoms with Gasteiger partial charge in [-0.1, -0.05) is 19.3 Å². The Morgan fingerprint density at radius 1 is 1.19 bits per heavy atom. The van der Waals surface area contributed by atoms with Gasteiger partial charge in [-0.3, -0.25) is 4.79 Å². The van der Waals surface area contributed by atoms with Crippen molar-refractivity contribution in [3.05, 3.63) is 48.3 Å². The van der Waals surface area contributed by atoms with Gasteiger partial charge in [0.1, 0.15) is 11.4 Å². The van der Waals surface area contributed by atoms with Crippen LogP contribution in [0.3, 0.4) is 0 Å². The number of carbonyl (C=O) groups excluding carboxylic acids is 1. The zero-order chi connectivity index (χ0) is 18.8. The average molecular weight is 363 g/mol.